The van der Waals surface area contributed by atoms with Crippen LogP contribution in [0.15, 0.2) is 63.3 Å². The van der Waals surface area contributed by atoms with Gasteiger partial charge in [0.2, 0.25) is 15.9 Å². The second kappa shape index (κ2) is 7.70. The molecular formula is C17H18N4O5S2. The Balaban J connectivity index is 1.61. The van der Waals surface area contributed by atoms with Gasteiger partial charge in [0.15, 0.2) is 0 Å². The number of nitrogens with one attached hydrogen (secondary N) is 3. The van der Waals surface area contributed by atoms with Crippen molar-refractivity contribution in [2.24, 2.45) is 4.99 Å². The number of anilines is 1. The third-order valence-corrected chi connectivity index (χ3v) is 6.82. The third kappa shape index (κ3) is 4.21. The van der Waals surface area contributed by atoms with Gasteiger partial charge >= 0.3 is 0 Å². The Morgan fingerprint density at radius 2 is 1.79 bits per heavy atom. The molecule has 1 aliphatic heterocycles. The van der Waals surface area contributed by atoms with Crippen LogP contribution in [0.4, 0.5) is 5.69 Å². The van der Waals surface area contributed by atoms with Crippen molar-refractivity contribution in [3.05, 3.63) is 54.1 Å². The SMILES string of the molecule is CNS(=O)(=O)c1ccc(NC(=O)CCN=C2NS(=O)(=O)c3ccccc32)cc1. The summed E-state index contributed by atoms with van der Waals surface area (Å²) in [5.41, 5.74) is 0.920. The van der Waals surface area contributed by atoms with Gasteiger partial charge in [-0.3, -0.25) is 14.5 Å². The van der Waals surface area contributed by atoms with Crippen molar-refractivity contribution < 1.29 is 21.6 Å². The number of amidine groups is 1. The highest BCUT2D eigenvalue weighted by Gasteiger charge is 2.29. The molecule has 1 amide bonds. The molecule has 3 rings (SSSR count). The van der Waals surface area contributed by atoms with Gasteiger partial charge in [0.25, 0.3) is 10.0 Å². The lowest BCUT2D eigenvalue weighted by Gasteiger charge is -2.06. The van der Waals surface area contributed by atoms with E-state index < -0.39 is 20.0 Å². The largest absolute Gasteiger partial charge is 0.326 e. The molecule has 0 fully saturated rings. The second-order valence-electron chi connectivity index (χ2n) is 5.86. The fraction of sp³-hybridized carbons (Fsp3) is 0.176. The van der Waals surface area contributed by atoms with Crippen LogP contribution in [0.2, 0.25) is 0 Å². The maximum absolute atomic E-state index is 12.0. The molecule has 1 aliphatic rings. The van der Waals surface area contributed by atoms with Crippen molar-refractivity contribution in [1.82, 2.24) is 9.44 Å². The molecule has 9 nitrogen and oxygen atoms in total. The minimum absolute atomic E-state index is 0.0317. The molecule has 0 radical (unpaired) electrons. The van der Waals surface area contributed by atoms with Crippen molar-refractivity contribution in [1.29, 1.82) is 0 Å². The zero-order valence-electron chi connectivity index (χ0n) is 14.8. The van der Waals surface area contributed by atoms with E-state index in [-0.39, 0.29) is 34.5 Å². The average molecular weight is 422 g/mol. The summed E-state index contributed by atoms with van der Waals surface area (Å²) in [5.74, 6) is -0.118. The van der Waals surface area contributed by atoms with Crippen LogP contribution in [0, 0.1) is 0 Å². The van der Waals surface area contributed by atoms with E-state index in [1.54, 1.807) is 18.2 Å². The van der Waals surface area contributed by atoms with Gasteiger partial charge in [0.1, 0.15) is 5.84 Å². The Bertz CT molecular complexity index is 1140. The van der Waals surface area contributed by atoms with Gasteiger partial charge in [0.05, 0.1) is 16.3 Å². The van der Waals surface area contributed by atoms with E-state index >= 15 is 0 Å². The number of fused-ring (bicyclic) bond motifs is 1. The number of benzene rings is 2. The molecule has 0 spiro atoms. The van der Waals surface area contributed by atoms with Gasteiger partial charge in [-0.25, -0.2) is 21.6 Å². The van der Waals surface area contributed by atoms with Crippen LogP contribution in [0.5, 0.6) is 0 Å². The van der Waals surface area contributed by atoms with Gasteiger partial charge < -0.3 is 5.32 Å². The first-order valence-corrected chi connectivity index (χ1v) is 11.2. The summed E-state index contributed by atoms with van der Waals surface area (Å²) in [6.07, 6.45) is 0.0317. The van der Waals surface area contributed by atoms with Crippen molar-refractivity contribution >= 4 is 37.5 Å². The van der Waals surface area contributed by atoms with Crippen molar-refractivity contribution in [2.45, 2.75) is 16.2 Å². The molecule has 0 saturated heterocycles. The number of carbonyl (C=O) groups is 1. The molecule has 3 N–H and O–H groups in total. The third-order valence-electron chi connectivity index (χ3n) is 3.99. The summed E-state index contributed by atoms with van der Waals surface area (Å²) in [6.45, 7) is 0.0875. The Morgan fingerprint density at radius 3 is 2.46 bits per heavy atom. The predicted octanol–water partition coefficient (Wildman–Crippen LogP) is 0.662. The number of nitrogens with zero attached hydrogens (tertiary/aromatic N) is 1. The summed E-state index contributed by atoms with van der Waals surface area (Å²) < 4.78 is 51.9. The lowest BCUT2D eigenvalue weighted by atomic mass is 10.2. The average Bonchev–Trinajstić information content (AvgIpc) is 2.93. The first-order chi connectivity index (χ1) is 13.2. The summed E-state index contributed by atoms with van der Waals surface area (Å²) in [7, 11) is -5.83. The highest BCUT2D eigenvalue weighted by molar-refractivity contribution is 7.90. The standard InChI is InChI=1S/C17H18N4O5S2/c1-18-27(23,24)13-8-6-12(7-9-13)20-16(22)10-11-19-17-14-4-2-3-5-15(14)28(25,26)21-17/h2-9,18H,10-11H2,1H3,(H,19,21)(H,20,22). The quantitative estimate of drug-likeness (QED) is 0.629. The molecule has 0 aromatic heterocycles. The molecule has 0 saturated carbocycles. The number of hydrogen-bond acceptors (Lipinski definition) is 6. The van der Waals surface area contributed by atoms with Crippen LogP contribution in [-0.4, -0.2) is 42.2 Å². The van der Waals surface area contributed by atoms with Gasteiger partial charge in [-0.2, -0.15) is 0 Å². The normalized spacial score (nSPS) is 16.4. The molecule has 148 valence electrons. The van der Waals surface area contributed by atoms with E-state index in [4.69, 9.17) is 0 Å². The summed E-state index contributed by atoms with van der Waals surface area (Å²) in [6, 6.07) is 12.2. The Kier molecular flexibility index (Phi) is 5.49. The Morgan fingerprint density at radius 1 is 1.11 bits per heavy atom. The molecule has 0 unspecified atom stereocenters. The lowest BCUT2D eigenvalue weighted by Crippen LogP contribution is -2.23. The lowest BCUT2D eigenvalue weighted by molar-refractivity contribution is -0.116. The molecule has 1 heterocycles. The Hall–Kier alpha value is -2.76. The maximum atomic E-state index is 12.0. The molecule has 28 heavy (non-hydrogen) atoms. The highest BCUT2D eigenvalue weighted by atomic mass is 32.2. The van der Waals surface area contributed by atoms with Crippen molar-refractivity contribution in [2.75, 3.05) is 18.9 Å². The van der Waals surface area contributed by atoms with Gasteiger partial charge in [0, 0.05) is 17.7 Å². The van der Waals surface area contributed by atoms with Crippen molar-refractivity contribution in [3.63, 3.8) is 0 Å². The number of hydrogen-bond donors (Lipinski definition) is 3. The van der Waals surface area contributed by atoms with Crippen LogP contribution >= 0.6 is 0 Å². The molecule has 2 aromatic rings. The van der Waals surface area contributed by atoms with E-state index in [1.165, 1.54) is 37.4 Å². The highest BCUT2D eigenvalue weighted by Crippen LogP contribution is 2.22. The smallest absolute Gasteiger partial charge is 0.263 e. The van der Waals surface area contributed by atoms with Crippen molar-refractivity contribution in [3.8, 4) is 0 Å². The van der Waals surface area contributed by atoms with Crippen LogP contribution in [0.1, 0.15) is 12.0 Å². The van der Waals surface area contributed by atoms with E-state index in [0.29, 0.717) is 11.3 Å². The van der Waals surface area contributed by atoms with Crippen LogP contribution in [-0.2, 0) is 24.8 Å². The van der Waals surface area contributed by atoms with E-state index in [9.17, 15) is 21.6 Å². The van der Waals surface area contributed by atoms with Gasteiger partial charge in [-0.15, -0.1) is 0 Å². The predicted molar refractivity (Wildman–Crippen MR) is 104 cm³/mol. The number of aliphatic imine (C=N–C) groups is 1. The summed E-state index contributed by atoms with van der Waals surface area (Å²) in [5, 5.41) is 2.64. The second-order valence-corrected chi connectivity index (χ2v) is 9.40. The molecule has 2 aromatic carbocycles. The van der Waals surface area contributed by atoms with Gasteiger partial charge in [-0.1, -0.05) is 12.1 Å². The van der Waals surface area contributed by atoms with E-state index in [0.717, 1.165) is 0 Å². The topological polar surface area (TPSA) is 134 Å². The number of rotatable bonds is 6. The van der Waals surface area contributed by atoms with Crippen LogP contribution in [0.25, 0.3) is 0 Å². The molecule has 11 heteroatoms. The zero-order valence-corrected chi connectivity index (χ0v) is 16.5. The molecule has 0 bridgehead atoms. The summed E-state index contributed by atoms with van der Waals surface area (Å²) >= 11 is 0. The maximum Gasteiger partial charge on any atom is 0.263 e. The minimum Gasteiger partial charge on any atom is -0.326 e. The fourth-order valence-electron chi connectivity index (χ4n) is 2.58. The van der Waals surface area contributed by atoms with E-state index in [1.807, 2.05) is 0 Å². The first kappa shape index (κ1) is 20.0. The molecule has 0 aliphatic carbocycles. The zero-order chi connectivity index (χ0) is 20.4. The number of amides is 1. The van der Waals surface area contributed by atoms with Crippen LogP contribution < -0.4 is 14.8 Å². The monoisotopic (exact) mass is 422 g/mol. The minimum atomic E-state index is -3.61. The number of carbonyl (C=O) groups excluding carboxylic acids is 1. The number of sulfonamides is 2. The van der Waals surface area contributed by atoms with E-state index in [2.05, 4.69) is 19.8 Å². The fourth-order valence-corrected chi connectivity index (χ4v) is 4.56. The first-order valence-electron chi connectivity index (χ1n) is 8.23. The summed E-state index contributed by atoms with van der Waals surface area (Å²) in [4.78, 5) is 16.5. The molecular weight excluding hydrogens is 404 g/mol. The molecule has 0 atom stereocenters. The van der Waals surface area contributed by atoms with Crippen LogP contribution in [0.3, 0.4) is 0 Å². The van der Waals surface area contributed by atoms with Gasteiger partial charge in [-0.05, 0) is 43.4 Å². The Labute approximate surface area is 163 Å².